The van der Waals surface area contributed by atoms with E-state index in [1.54, 1.807) is 19.2 Å². The number of furan rings is 1. The fourth-order valence-electron chi connectivity index (χ4n) is 3.31. The Hall–Kier alpha value is -2.56. The normalized spacial score (nSPS) is 14.6. The van der Waals surface area contributed by atoms with Crippen molar-refractivity contribution in [3.05, 3.63) is 54.0 Å². The van der Waals surface area contributed by atoms with Crippen LogP contribution in [-0.4, -0.2) is 50.0 Å². The molecule has 0 saturated carbocycles. The summed E-state index contributed by atoms with van der Waals surface area (Å²) in [5.41, 5.74) is 1.76. The fraction of sp³-hybridized carbons (Fsp3) is 0.381. The molecule has 0 bridgehead atoms. The average molecular weight is 526 g/mol. The lowest BCUT2D eigenvalue weighted by molar-refractivity contribution is -0.146. The van der Waals surface area contributed by atoms with Crippen molar-refractivity contribution in [1.82, 2.24) is 10.2 Å². The Balaban J connectivity index is 0.00000320. The molecule has 0 spiro atoms. The van der Waals surface area contributed by atoms with Gasteiger partial charge in [-0.15, -0.1) is 24.0 Å². The van der Waals surface area contributed by atoms with E-state index in [-0.39, 0.29) is 47.5 Å². The number of carbonyl (C=O) groups is 2. The van der Waals surface area contributed by atoms with E-state index in [1.807, 2.05) is 24.3 Å². The van der Waals surface area contributed by atoms with Crippen LogP contribution in [-0.2, 0) is 16.1 Å². The molecule has 2 aromatic rings. The summed E-state index contributed by atoms with van der Waals surface area (Å²) in [5.74, 6) is 0.640. The lowest BCUT2D eigenvalue weighted by atomic mass is 9.97. The molecule has 0 radical (unpaired) electrons. The summed E-state index contributed by atoms with van der Waals surface area (Å²) in [7, 11) is 3.19. The molecule has 8 nitrogen and oxygen atoms in total. The summed E-state index contributed by atoms with van der Waals surface area (Å²) < 4.78 is 9.92. The van der Waals surface area contributed by atoms with Crippen molar-refractivity contribution in [3.63, 3.8) is 0 Å². The number of ether oxygens (including phenoxy) is 1. The van der Waals surface area contributed by atoms with Crippen molar-refractivity contribution in [2.75, 3.05) is 32.6 Å². The van der Waals surface area contributed by atoms with Crippen LogP contribution in [0.1, 0.15) is 29.0 Å². The molecule has 1 aromatic carbocycles. The number of rotatable bonds is 5. The standard InChI is InChI=1S/C21H26N4O4.HI/c1-22-21(25-11-9-16(10-12-25)20(27)28-2)23-14-15-5-7-17(8-6-15)24-19(26)18-4-3-13-29-18;/h3-8,13,16H,9-12,14H2,1-2H3,(H,22,23)(H,24,26);1H. The first-order chi connectivity index (χ1) is 14.1. The highest BCUT2D eigenvalue weighted by molar-refractivity contribution is 14.0. The summed E-state index contributed by atoms with van der Waals surface area (Å²) in [4.78, 5) is 30.2. The Labute approximate surface area is 193 Å². The Kier molecular flexibility index (Phi) is 9.15. The number of anilines is 1. The van der Waals surface area contributed by atoms with Gasteiger partial charge in [-0.3, -0.25) is 14.6 Å². The quantitative estimate of drug-likeness (QED) is 0.269. The van der Waals surface area contributed by atoms with Gasteiger partial charge in [0.2, 0.25) is 0 Å². The van der Waals surface area contributed by atoms with E-state index in [4.69, 9.17) is 9.15 Å². The van der Waals surface area contributed by atoms with Crippen molar-refractivity contribution >= 4 is 47.5 Å². The number of nitrogens with zero attached hydrogens (tertiary/aromatic N) is 2. The van der Waals surface area contributed by atoms with Gasteiger partial charge in [-0.25, -0.2) is 0 Å². The Morgan fingerprint density at radius 2 is 1.90 bits per heavy atom. The third-order valence-corrected chi connectivity index (χ3v) is 4.95. The maximum Gasteiger partial charge on any atom is 0.308 e. The van der Waals surface area contributed by atoms with Gasteiger partial charge >= 0.3 is 5.97 Å². The Morgan fingerprint density at radius 1 is 1.20 bits per heavy atom. The van der Waals surface area contributed by atoms with Gasteiger partial charge in [0.05, 0.1) is 19.3 Å². The van der Waals surface area contributed by atoms with E-state index in [0.717, 1.165) is 37.5 Å². The van der Waals surface area contributed by atoms with E-state index < -0.39 is 0 Å². The minimum Gasteiger partial charge on any atom is -0.469 e. The molecule has 3 rings (SSSR count). The summed E-state index contributed by atoms with van der Waals surface area (Å²) in [6, 6.07) is 10.9. The number of benzene rings is 1. The molecule has 1 saturated heterocycles. The van der Waals surface area contributed by atoms with Gasteiger partial charge < -0.3 is 24.7 Å². The number of carbonyl (C=O) groups excluding carboxylic acids is 2. The van der Waals surface area contributed by atoms with Gasteiger partial charge in [0.1, 0.15) is 0 Å². The van der Waals surface area contributed by atoms with Crippen LogP contribution in [0.15, 0.2) is 52.1 Å². The Morgan fingerprint density at radius 3 is 2.47 bits per heavy atom. The van der Waals surface area contributed by atoms with Crippen LogP contribution in [0.5, 0.6) is 0 Å². The number of esters is 1. The average Bonchev–Trinajstić information content (AvgIpc) is 3.30. The number of hydrogen-bond acceptors (Lipinski definition) is 5. The van der Waals surface area contributed by atoms with Crippen LogP contribution in [0.25, 0.3) is 0 Å². The SMILES string of the molecule is CN=C(NCc1ccc(NC(=O)c2ccco2)cc1)N1CCC(C(=O)OC)CC1.I. The molecular formula is C21H27IN4O4. The number of piperidine rings is 1. The zero-order valence-corrected chi connectivity index (χ0v) is 19.4. The van der Waals surface area contributed by atoms with E-state index >= 15 is 0 Å². The second-order valence-corrected chi connectivity index (χ2v) is 6.81. The molecule has 2 heterocycles. The molecular weight excluding hydrogens is 499 g/mol. The van der Waals surface area contributed by atoms with Crippen LogP contribution in [0.2, 0.25) is 0 Å². The third-order valence-electron chi connectivity index (χ3n) is 4.95. The highest BCUT2D eigenvalue weighted by Crippen LogP contribution is 2.18. The molecule has 0 unspecified atom stereocenters. The summed E-state index contributed by atoms with van der Waals surface area (Å²) >= 11 is 0. The number of hydrogen-bond donors (Lipinski definition) is 2. The monoisotopic (exact) mass is 526 g/mol. The number of methoxy groups -OCH3 is 1. The van der Waals surface area contributed by atoms with Gasteiger partial charge in [-0.05, 0) is 42.7 Å². The van der Waals surface area contributed by atoms with Gasteiger partial charge in [0.15, 0.2) is 11.7 Å². The maximum absolute atomic E-state index is 12.0. The van der Waals surface area contributed by atoms with Crippen LogP contribution >= 0.6 is 24.0 Å². The molecule has 0 atom stereocenters. The van der Waals surface area contributed by atoms with Gasteiger partial charge in [0, 0.05) is 32.4 Å². The zero-order chi connectivity index (χ0) is 20.6. The van der Waals surface area contributed by atoms with E-state index in [0.29, 0.717) is 12.2 Å². The number of amides is 1. The van der Waals surface area contributed by atoms with Crippen molar-refractivity contribution in [3.8, 4) is 0 Å². The van der Waals surface area contributed by atoms with Gasteiger partial charge in [-0.1, -0.05) is 12.1 Å². The molecule has 1 fully saturated rings. The smallest absolute Gasteiger partial charge is 0.308 e. The molecule has 1 aliphatic heterocycles. The molecule has 0 aliphatic carbocycles. The summed E-state index contributed by atoms with van der Waals surface area (Å²) in [6.45, 7) is 2.13. The van der Waals surface area contributed by atoms with Crippen LogP contribution < -0.4 is 10.6 Å². The summed E-state index contributed by atoms with van der Waals surface area (Å²) in [6.07, 6.45) is 2.99. The molecule has 30 heavy (non-hydrogen) atoms. The molecule has 1 aliphatic rings. The largest absolute Gasteiger partial charge is 0.469 e. The Bertz CT molecular complexity index is 844. The minimum atomic E-state index is -0.281. The molecule has 1 amide bonds. The summed E-state index contributed by atoms with van der Waals surface area (Å²) in [5, 5.41) is 6.15. The van der Waals surface area contributed by atoms with E-state index in [9.17, 15) is 9.59 Å². The lowest BCUT2D eigenvalue weighted by Crippen LogP contribution is -2.46. The highest BCUT2D eigenvalue weighted by atomic mass is 127. The van der Waals surface area contributed by atoms with Gasteiger partial charge in [-0.2, -0.15) is 0 Å². The maximum atomic E-state index is 12.0. The fourth-order valence-corrected chi connectivity index (χ4v) is 3.31. The van der Waals surface area contributed by atoms with Crippen LogP contribution in [0.4, 0.5) is 5.69 Å². The first-order valence-electron chi connectivity index (χ1n) is 9.58. The topological polar surface area (TPSA) is 96.2 Å². The molecule has 9 heteroatoms. The van der Waals surface area contributed by atoms with Crippen molar-refractivity contribution in [2.24, 2.45) is 10.9 Å². The highest BCUT2D eigenvalue weighted by Gasteiger charge is 2.26. The number of nitrogens with one attached hydrogen (secondary N) is 2. The first kappa shape index (κ1) is 23.7. The number of guanidine groups is 1. The zero-order valence-electron chi connectivity index (χ0n) is 17.1. The third kappa shape index (κ3) is 6.22. The van der Waals surface area contributed by atoms with Gasteiger partial charge in [0.25, 0.3) is 5.91 Å². The number of aliphatic imine (C=N–C) groups is 1. The molecule has 1 aromatic heterocycles. The molecule has 2 N–H and O–H groups in total. The van der Waals surface area contributed by atoms with E-state index in [1.165, 1.54) is 13.4 Å². The first-order valence-corrected chi connectivity index (χ1v) is 9.58. The predicted molar refractivity (Wildman–Crippen MR) is 125 cm³/mol. The van der Waals surface area contributed by atoms with Crippen molar-refractivity contribution < 1.29 is 18.7 Å². The van der Waals surface area contributed by atoms with Crippen molar-refractivity contribution in [2.45, 2.75) is 19.4 Å². The molecule has 162 valence electrons. The number of likely N-dealkylation sites (tertiary alicyclic amines) is 1. The second-order valence-electron chi connectivity index (χ2n) is 6.81. The number of halogens is 1. The van der Waals surface area contributed by atoms with Crippen LogP contribution in [0.3, 0.4) is 0 Å². The predicted octanol–water partition coefficient (Wildman–Crippen LogP) is 3.11. The van der Waals surface area contributed by atoms with Crippen LogP contribution in [0, 0.1) is 5.92 Å². The van der Waals surface area contributed by atoms with E-state index in [2.05, 4.69) is 20.5 Å². The van der Waals surface area contributed by atoms with Crippen molar-refractivity contribution in [1.29, 1.82) is 0 Å². The lowest BCUT2D eigenvalue weighted by Gasteiger charge is -2.33. The minimum absolute atomic E-state index is 0. The second kappa shape index (κ2) is 11.6.